The SMILES string of the molecule is CSc1ccc(Cl)c(C(=O)Nc2cc3c(cc2Cl)OCCO3)c1. The van der Waals surface area contributed by atoms with Crippen molar-refractivity contribution in [3.63, 3.8) is 0 Å². The first-order valence-corrected chi connectivity index (χ1v) is 8.80. The molecule has 0 unspecified atom stereocenters. The van der Waals surface area contributed by atoms with E-state index in [0.29, 0.717) is 46.0 Å². The lowest BCUT2D eigenvalue weighted by atomic mass is 10.2. The van der Waals surface area contributed by atoms with E-state index in [0.717, 1.165) is 4.90 Å². The number of carbonyl (C=O) groups is 1. The maximum Gasteiger partial charge on any atom is 0.257 e. The lowest BCUT2D eigenvalue weighted by molar-refractivity contribution is 0.102. The lowest BCUT2D eigenvalue weighted by Gasteiger charge is -2.20. The number of anilines is 1. The third-order valence-corrected chi connectivity index (χ3v) is 4.67. The Labute approximate surface area is 148 Å². The number of amides is 1. The summed E-state index contributed by atoms with van der Waals surface area (Å²) in [6, 6.07) is 8.59. The molecule has 0 atom stereocenters. The zero-order valence-corrected chi connectivity index (χ0v) is 14.5. The topological polar surface area (TPSA) is 47.6 Å². The van der Waals surface area contributed by atoms with Crippen molar-refractivity contribution in [1.82, 2.24) is 0 Å². The Kier molecular flexibility index (Phi) is 4.90. The normalized spacial score (nSPS) is 12.8. The van der Waals surface area contributed by atoms with Gasteiger partial charge in [-0.15, -0.1) is 11.8 Å². The van der Waals surface area contributed by atoms with E-state index in [4.69, 9.17) is 32.7 Å². The summed E-state index contributed by atoms with van der Waals surface area (Å²) in [6.07, 6.45) is 1.93. The lowest BCUT2D eigenvalue weighted by Crippen LogP contribution is -2.17. The van der Waals surface area contributed by atoms with Gasteiger partial charge in [-0.1, -0.05) is 23.2 Å². The van der Waals surface area contributed by atoms with Crippen LogP contribution in [0.15, 0.2) is 35.2 Å². The minimum Gasteiger partial charge on any atom is -0.486 e. The second-order valence-electron chi connectivity index (χ2n) is 4.78. The number of thioether (sulfide) groups is 1. The van der Waals surface area contributed by atoms with E-state index in [2.05, 4.69) is 5.32 Å². The van der Waals surface area contributed by atoms with Crippen molar-refractivity contribution in [3.05, 3.63) is 45.9 Å². The van der Waals surface area contributed by atoms with Gasteiger partial charge in [-0.2, -0.15) is 0 Å². The van der Waals surface area contributed by atoms with Crippen molar-refractivity contribution in [3.8, 4) is 11.5 Å². The summed E-state index contributed by atoms with van der Waals surface area (Å²) >= 11 is 13.9. The molecule has 7 heteroatoms. The number of hydrogen-bond donors (Lipinski definition) is 1. The highest BCUT2D eigenvalue weighted by Gasteiger charge is 2.18. The second kappa shape index (κ2) is 6.91. The van der Waals surface area contributed by atoms with Crippen LogP contribution >= 0.6 is 35.0 Å². The molecule has 23 heavy (non-hydrogen) atoms. The van der Waals surface area contributed by atoms with Crippen LogP contribution in [-0.4, -0.2) is 25.4 Å². The highest BCUT2D eigenvalue weighted by Crippen LogP contribution is 2.38. The molecule has 0 bridgehead atoms. The maximum atomic E-state index is 12.5. The van der Waals surface area contributed by atoms with E-state index in [1.165, 1.54) is 11.8 Å². The van der Waals surface area contributed by atoms with Gasteiger partial charge in [0.2, 0.25) is 0 Å². The highest BCUT2D eigenvalue weighted by molar-refractivity contribution is 7.98. The summed E-state index contributed by atoms with van der Waals surface area (Å²) < 4.78 is 11.0. The summed E-state index contributed by atoms with van der Waals surface area (Å²) in [5.74, 6) is 0.797. The van der Waals surface area contributed by atoms with Gasteiger partial charge in [-0.25, -0.2) is 0 Å². The van der Waals surface area contributed by atoms with Crippen molar-refractivity contribution >= 4 is 46.6 Å². The molecule has 1 N–H and O–H groups in total. The molecule has 1 heterocycles. The Hall–Kier alpha value is -1.56. The Bertz CT molecular complexity index is 767. The molecule has 0 radical (unpaired) electrons. The molecule has 1 amide bonds. The molecule has 0 saturated carbocycles. The van der Waals surface area contributed by atoms with Crippen LogP contribution in [0.1, 0.15) is 10.4 Å². The molecule has 1 aliphatic rings. The molecule has 0 aliphatic carbocycles. The minimum absolute atomic E-state index is 0.329. The Morgan fingerprint density at radius 3 is 2.48 bits per heavy atom. The fourth-order valence-corrected chi connectivity index (χ4v) is 3.00. The van der Waals surface area contributed by atoms with Gasteiger partial charge in [0.1, 0.15) is 13.2 Å². The van der Waals surface area contributed by atoms with Gasteiger partial charge in [0, 0.05) is 17.0 Å². The summed E-state index contributed by atoms with van der Waals surface area (Å²) in [5, 5.41) is 3.53. The fraction of sp³-hybridized carbons (Fsp3) is 0.188. The molecular weight excluding hydrogens is 357 g/mol. The standard InChI is InChI=1S/C16H13Cl2NO3S/c1-23-9-2-3-11(17)10(6-9)16(20)19-13-8-15-14(7-12(13)18)21-4-5-22-15/h2-3,6-8H,4-5H2,1H3,(H,19,20). The molecule has 0 spiro atoms. The molecule has 4 nitrogen and oxygen atoms in total. The number of halogens is 2. The number of rotatable bonds is 3. The molecular formula is C16H13Cl2NO3S. The van der Waals surface area contributed by atoms with Crippen LogP contribution in [0.4, 0.5) is 5.69 Å². The van der Waals surface area contributed by atoms with E-state index >= 15 is 0 Å². The van der Waals surface area contributed by atoms with E-state index in [1.807, 2.05) is 12.3 Å². The number of hydrogen-bond acceptors (Lipinski definition) is 4. The average molecular weight is 370 g/mol. The second-order valence-corrected chi connectivity index (χ2v) is 6.47. The van der Waals surface area contributed by atoms with E-state index in [9.17, 15) is 4.79 Å². The number of carbonyl (C=O) groups excluding carboxylic acids is 1. The third-order valence-electron chi connectivity index (χ3n) is 3.30. The Morgan fingerprint density at radius 1 is 1.09 bits per heavy atom. The smallest absolute Gasteiger partial charge is 0.257 e. The van der Waals surface area contributed by atoms with Crippen LogP contribution in [0.25, 0.3) is 0 Å². The number of nitrogens with one attached hydrogen (secondary N) is 1. The molecule has 1 aliphatic heterocycles. The largest absolute Gasteiger partial charge is 0.486 e. The van der Waals surface area contributed by atoms with Gasteiger partial charge in [-0.05, 0) is 24.5 Å². The zero-order valence-electron chi connectivity index (χ0n) is 12.2. The summed E-state index contributed by atoms with van der Waals surface area (Å²) in [7, 11) is 0. The summed E-state index contributed by atoms with van der Waals surface area (Å²) in [6.45, 7) is 0.940. The number of benzene rings is 2. The first kappa shape index (κ1) is 16.3. The molecule has 2 aromatic carbocycles. The summed E-state index contributed by atoms with van der Waals surface area (Å²) in [4.78, 5) is 13.4. The number of ether oxygens (including phenoxy) is 2. The minimum atomic E-state index is -0.329. The molecule has 2 aromatic rings. The molecule has 120 valence electrons. The van der Waals surface area contributed by atoms with Gasteiger partial charge >= 0.3 is 0 Å². The fourth-order valence-electron chi connectivity index (χ4n) is 2.15. The third kappa shape index (κ3) is 3.52. The van der Waals surface area contributed by atoms with Crippen LogP contribution in [0.5, 0.6) is 11.5 Å². The van der Waals surface area contributed by atoms with Crippen molar-refractivity contribution in [1.29, 1.82) is 0 Å². The van der Waals surface area contributed by atoms with Gasteiger partial charge < -0.3 is 14.8 Å². The average Bonchev–Trinajstić information content (AvgIpc) is 2.56. The number of fused-ring (bicyclic) bond motifs is 1. The predicted octanol–water partition coefficient (Wildman–Crippen LogP) is 4.74. The molecule has 0 saturated heterocycles. The maximum absolute atomic E-state index is 12.5. The van der Waals surface area contributed by atoms with Crippen molar-refractivity contribution in [2.45, 2.75) is 4.90 Å². The molecule has 3 rings (SSSR count). The highest BCUT2D eigenvalue weighted by atomic mass is 35.5. The van der Waals surface area contributed by atoms with Crippen LogP contribution < -0.4 is 14.8 Å². The van der Waals surface area contributed by atoms with Gasteiger partial charge in [0.25, 0.3) is 5.91 Å². The van der Waals surface area contributed by atoms with Gasteiger partial charge in [-0.3, -0.25) is 4.79 Å². The van der Waals surface area contributed by atoms with E-state index < -0.39 is 0 Å². The van der Waals surface area contributed by atoms with Gasteiger partial charge in [0.15, 0.2) is 11.5 Å². The van der Waals surface area contributed by atoms with Gasteiger partial charge in [0.05, 0.1) is 21.3 Å². The molecule has 0 fully saturated rings. The van der Waals surface area contributed by atoms with Crippen molar-refractivity contribution in [2.75, 3.05) is 24.8 Å². The van der Waals surface area contributed by atoms with Crippen molar-refractivity contribution in [2.24, 2.45) is 0 Å². The Morgan fingerprint density at radius 2 is 1.78 bits per heavy atom. The Balaban J connectivity index is 1.88. The van der Waals surface area contributed by atoms with Crippen LogP contribution in [0.2, 0.25) is 10.0 Å². The van der Waals surface area contributed by atoms with Crippen LogP contribution in [-0.2, 0) is 0 Å². The van der Waals surface area contributed by atoms with Crippen molar-refractivity contribution < 1.29 is 14.3 Å². The first-order chi connectivity index (χ1) is 11.1. The zero-order chi connectivity index (χ0) is 16.4. The summed E-state index contributed by atoms with van der Waals surface area (Å²) in [5.41, 5.74) is 0.844. The first-order valence-electron chi connectivity index (χ1n) is 6.82. The quantitative estimate of drug-likeness (QED) is 0.793. The van der Waals surface area contributed by atoms with Crippen LogP contribution in [0.3, 0.4) is 0 Å². The molecule has 0 aromatic heterocycles. The monoisotopic (exact) mass is 369 g/mol. The predicted molar refractivity (Wildman–Crippen MR) is 93.6 cm³/mol. The van der Waals surface area contributed by atoms with E-state index in [1.54, 1.807) is 24.3 Å². The van der Waals surface area contributed by atoms with E-state index in [-0.39, 0.29) is 5.91 Å². The van der Waals surface area contributed by atoms with Crippen LogP contribution in [0, 0.1) is 0 Å².